The fourth-order valence-electron chi connectivity index (χ4n) is 1.84. The molecule has 5 nitrogen and oxygen atoms in total. The van der Waals surface area contributed by atoms with E-state index in [-0.39, 0.29) is 5.56 Å². The average Bonchev–Trinajstić information content (AvgIpc) is 2.70. The number of H-pyrrole nitrogens is 1. The average molecular weight is 208 g/mol. The van der Waals surface area contributed by atoms with Crippen molar-refractivity contribution >= 4 is 5.95 Å². The van der Waals surface area contributed by atoms with Gasteiger partial charge in [-0.15, -0.1) is 0 Å². The lowest BCUT2D eigenvalue weighted by molar-refractivity contribution is 0.772. The molecule has 2 heterocycles. The third kappa shape index (κ3) is 2.36. The number of hydrogen-bond acceptors (Lipinski definition) is 4. The molecule has 0 radical (unpaired) electrons. The molecule has 0 amide bonds. The molecule has 82 valence electrons. The van der Waals surface area contributed by atoms with Crippen LogP contribution in [-0.4, -0.2) is 30.1 Å². The molecule has 2 rings (SSSR count). The minimum absolute atomic E-state index is 0.0721. The molecule has 0 aromatic carbocycles. The van der Waals surface area contributed by atoms with Gasteiger partial charge in [0.15, 0.2) is 0 Å². The monoisotopic (exact) mass is 208 g/mol. The van der Waals surface area contributed by atoms with Crippen LogP contribution in [0.3, 0.4) is 0 Å². The molecule has 1 fully saturated rings. The van der Waals surface area contributed by atoms with E-state index in [9.17, 15) is 4.79 Å². The van der Waals surface area contributed by atoms with E-state index < -0.39 is 0 Å². The maximum Gasteiger partial charge on any atom is 0.252 e. The summed E-state index contributed by atoms with van der Waals surface area (Å²) in [5.74, 6) is 0.713. The summed E-state index contributed by atoms with van der Waals surface area (Å²) in [7, 11) is 1.85. The molecule has 1 aliphatic heterocycles. The topological polar surface area (TPSA) is 61.0 Å². The lowest BCUT2D eigenvalue weighted by Crippen LogP contribution is -2.25. The van der Waals surface area contributed by atoms with Crippen molar-refractivity contribution in [2.24, 2.45) is 0 Å². The summed E-state index contributed by atoms with van der Waals surface area (Å²) in [4.78, 5) is 20.7. The van der Waals surface area contributed by atoms with Gasteiger partial charge in [-0.2, -0.15) is 0 Å². The van der Waals surface area contributed by atoms with E-state index in [1.54, 1.807) is 0 Å². The Balaban J connectivity index is 2.26. The molecule has 1 aliphatic rings. The molecule has 0 bridgehead atoms. The Hall–Kier alpha value is -1.36. The zero-order valence-electron chi connectivity index (χ0n) is 8.92. The number of nitrogens with one attached hydrogen (secondary N) is 2. The van der Waals surface area contributed by atoms with E-state index in [2.05, 4.69) is 20.2 Å². The van der Waals surface area contributed by atoms with Gasteiger partial charge in [-0.05, 0) is 19.9 Å². The number of aromatic amines is 1. The molecular weight excluding hydrogens is 192 g/mol. The zero-order chi connectivity index (χ0) is 10.7. The highest BCUT2D eigenvalue weighted by Crippen LogP contribution is 2.13. The Bertz CT molecular complexity index is 381. The Morgan fingerprint density at radius 2 is 2.27 bits per heavy atom. The standard InChI is InChI=1S/C10H16N4O/c1-11-7-8-6-9(15)13-10(12-8)14-4-2-3-5-14/h6,11H,2-5,7H2,1H3,(H,12,13,15). The van der Waals surface area contributed by atoms with Crippen molar-refractivity contribution < 1.29 is 0 Å². The summed E-state index contributed by atoms with van der Waals surface area (Å²) in [6.07, 6.45) is 2.36. The first-order chi connectivity index (χ1) is 7.29. The summed E-state index contributed by atoms with van der Waals surface area (Å²) in [5, 5.41) is 3.00. The lowest BCUT2D eigenvalue weighted by atomic mass is 10.4. The van der Waals surface area contributed by atoms with Crippen LogP contribution in [0.2, 0.25) is 0 Å². The minimum atomic E-state index is -0.0721. The van der Waals surface area contributed by atoms with Crippen LogP contribution in [0.4, 0.5) is 5.95 Å². The first-order valence-electron chi connectivity index (χ1n) is 5.29. The Morgan fingerprint density at radius 3 is 2.93 bits per heavy atom. The van der Waals surface area contributed by atoms with Crippen LogP contribution in [-0.2, 0) is 6.54 Å². The fraction of sp³-hybridized carbons (Fsp3) is 0.600. The van der Waals surface area contributed by atoms with Crippen LogP contribution in [0.1, 0.15) is 18.5 Å². The second-order valence-corrected chi connectivity index (χ2v) is 3.78. The SMILES string of the molecule is CNCc1cc(=O)[nH]c(N2CCCC2)n1. The highest BCUT2D eigenvalue weighted by molar-refractivity contribution is 5.31. The van der Waals surface area contributed by atoms with Crippen molar-refractivity contribution in [1.82, 2.24) is 15.3 Å². The van der Waals surface area contributed by atoms with Gasteiger partial charge < -0.3 is 10.2 Å². The highest BCUT2D eigenvalue weighted by atomic mass is 16.1. The molecule has 0 atom stereocenters. The van der Waals surface area contributed by atoms with Crippen molar-refractivity contribution in [3.63, 3.8) is 0 Å². The summed E-state index contributed by atoms with van der Waals surface area (Å²) in [5.41, 5.74) is 0.723. The van der Waals surface area contributed by atoms with Crippen LogP contribution >= 0.6 is 0 Å². The Kier molecular flexibility index (Phi) is 3.01. The molecule has 15 heavy (non-hydrogen) atoms. The van der Waals surface area contributed by atoms with Crippen molar-refractivity contribution in [1.29, 1.82) is 0 Å². The van der Waals surface area contributed by atoms with Crippen LogP contribution in [0.15, 0.2) is 10.9 Å². The molecular formula is C10H16N4O. The predicted octanol–water partition coefficient (Wildman–Crippen LogP) is 0.0895. The Labute approximate surface area is 88.5 Å². The third-order valence-electron chi connectivity index (χ3n) is 2.55. The van der Waals surface area contributed by atoms with Crippen molar-refractivity contribution in [2.45, 2.75) is 19.4 Å². The first-order valence-corrected chi connectivity index (χ1v) is 5.29. The smallest absolute Gasteiger partial charge is 0.252 e. The molecule has 5 heteroatoms. The number of rotatable bonds is 3. The molecule has 1 aromatic rings. The van der Waals surface area contributed by atoms with E-state index in [4.69, 9.17) is 0 Å². The zero-order valence-corrected chi connectivity index (χ0v) is 8.92. The summed E-state index contributed by atoms with van der Waals surface area (Å²) >= 11 is 0. The number of aromatic nitrogens is 2. The second kappa shape index (κ2) is 4.44. The first kappa shape index (κ1) is 10.2. The quantitative estimate of drug-likeness (QED) is 0.739. The van der Waals surface area contributed by atoms with E-state index >= 15 is 0 Å². The summed E-state index contributed by atoms with van der Waals surface area (Å²) < 4.78 is 0. The maximum atomic E-state index is 11.4. The molecule has 0 spiro atoms. The van der Waals surface area contributed by atoms with Gasteiger partial charge >= 0.3 is 0 Å². The minimum Gasteiger partial charge on any atom is -0.342 e. The predicted molar refractivity (Wildman–Crippen MR) is 59.1 cm³/mol. The number of anilines is 1. The van der Waals surface area contributed by atoms with Gasteiger partial charge in [-0.3, -0.25) is 9.78 Å². The van der Waals surface area contributed by atoms with Crippen molar-refractivity contribution in [3.8, 4) is 0 Å². The van der Waals surface area contributed by atoms with E-state index in [1.807, 2.05) is 7.05 Å². The van der Waals surface area contributed by atoms with Crippen LogP contribution in [0, 0.1) is 0 Å². The fourth-order valence-corrected chi connectivity index (χ4v) is 1.84. The van der Waals surface area contributed by atoms with Crippen LogP contribution in [0.25, 0.3) is 0 Å². The molecule has 2 N–H and O–H groups in total. The van der Waals surface area contributed by atoms with Gasteiger partial charge in [0.25, 0.3) is 5.56 Å². The van der Waals surface area contributed by atoms with E-state index in [0.29, 0.717) is 12.5 Å². The second-order valence-electron chi connectivity index (χ2n) is 3.78. The third-order valence-corrected chi connectivity index (χ3v) is 2.55. The highest BCUT2D eigenvalue weighted by Gasteiger charge is 2.14. The maximum absolute atomic E-state index is 11.4. The van der Waals surface area contributed by atoms with Gasteiger partial charge in [0.05, 0.1) is 5.69 Å². The van der Waals surface area contributed by atoms with Crippen molar-refractivity contribution in [2.75, 3.05) is 25.0 Å². The van der Waals surface area contributed by atoms with Gasteiger partial charge in [0.2, 0.25) is 5.95 Å². The van der Waals surface area contributed by atoms with E-state index in [0.717, 1.165) is 18.8 Å². The number of nitrogens with zero attached hydrogens (tertiary/aromatic N) is 2. The molecule has 0 unspecified atom stereocenters. The lowest BCUT2D eigenvalue weighted by Gasteiger charge is -2.15. The largest absolute Gasteiger partial charge is 0.342 e. The van der Waals surface area contributed by atoms with Crippen LogP contribution in [0.5, 0.6) is 0 Å². The van der Waals surface area contributed by atoms with Gasteiger partial charge in [-0.1, -0.05) is 0 Å². The van der Waals surface area contributed by atoms with E-state index in [1.165, 1.54) is 18.9 Å². The molecule has 0 saturated carbocycles. The van der Waals surface area contributed by atoms with Gasteiger partial charge in [0.1, 0.15) is 0 Å². The summed E-state index contributed by atoms with van der Waals surface area (Å²) in [6.45, 7) is 2.61. The normalized spacial score (nSPS) is 15.9. The van der Waals surface area contributed by atoms with Gasteiger partial charge in [-0.25, -0.2) is 4.98 Å². The van der Waals surface area contributed by atoms with Crippen LogP contribution < -0.4 is 15.8 Å². The molecule has 0 aliphatic carbocycles. The molecule has 1 aromatic heterocycles. The molecule has 1 saturated heterocycles. The summed E-state index contributed by atoms with van der Waals surface area (Å²) in [6, 6.07) is 1.54. The number of hydrogen-bond donors (Lipinski definition) is 2. The van der Waals surface area contributed by atoms with Crippen molar-refractivity contribution in [3.05, 3.63) is 22.1 Å². The van der Waals surface area contributed by atoms with Gasteiger partial charge in [0, 0.05) is 25.7 Å². The Morgan fingerprint density at radius 1 is 1.53 bits per heavy atom.